The van der Waals surface area contributed by atoms with E-state index in [1.165, 1.54) is 23.1 Å². The van der Waals surface area contributed by atoms with Crippen molar-refractivity contribution in [1.82, 2.24) is 9.80 Å². The first-order valence-electron chi connectivity index (χ1n) is 10.9. The van der Waals surface area contributed by atoms with Crippen molar-refractivity contribution >= 4 is 45.8 Å². The number of fused-ring (bicyclic) bond motifs is 6. The average molecular weight is 457 g/mol. The number of benzene rings is 3. The van der Waals surface area contributed by atoms with Gasteiger partial charge in [0.25, 0.3) is 11.6 Å². The lowest BCUT2D eigenvalue weighted by Gasteiger charge is -2.34. The SMILES string of the molecule is O=C1[C@@H]2C3C[C@H](CN3C(=O)Nc3cccc([N+](=O)[O-])c3)N2C(=O)N1c1cccc2ccccc12. The zero-order valence-electron chi connectivity index (χ0n) is 17.8. The van der Waals surface area contributed by atoms with Crippen LogP contribution in [0.3, 0.4) is 0 Å². The lowest BCUT2D eigenvalue weighted by atomic mass is 10.1. The van der Waals surface area contributed by atoms with E-state index in [9.17, 15) is 24.5 Å². The quantitative estimate of drug-likeness (QED) is 0.367. The largest absolute Gasteiger partial charge is 0.332 e. The molecule has 2 bridgehead atoms. The van der Waals surface area contributed by atoms with E-state index < -0.39 is 23.0 Å². The van der Waals surface area contributed by atoms with E-state index in [0.29, 0.717) is 24.3 Å². The number of amides is 5. The fraction of sp³-hybridized carbons (Fsp3) is 0.208. The molecule has 3 aliphatic rings. The van der Waals surface area contributed by atoms with Gasteiger partial charge in [-0.1, -0.05) is 42.5 Å². The van der Waals surface area contributed by atoms with Gasteiger partial charge in [0.2, 0.25) is 0 Å². The van der Waals surface area contributed by atoms with E-state index in [-0.39, 0.29) is 23.7 Å². The number of rotatable bonds is 3. The van der Waals surface area contributed by atoms with Gasteiger partial charge in [0.15, 0.2) is 0 Å². The number of nitro benzene ring substituents is 1. The molecule has 170 valence electrons. The Morgan fingerprint density at radius 3 is 2.62 bits per heavy atom. The number of carbonyl (C=O) groups is 3. The van der Waals surface area contributed by atoms with Gasteiger partial charge in [-0.15, -0.1) is 0 Å². The molecule has 34 heavy (non-hydrogen) atoms. The maximum Gasteiger partial charge on any atom is 0.332 e. The highest BCUT2D eigenvalue weighted by Gasteiger charge is 2.63. The van der Waals surface area contributed by atoms with Crippen molar-refractivity contribution in [3.8, 4) is 0 Å². The van der Waals surface area contributed by atoms with Crippen LogP contribution in [0.25, 0.3) is 10.8 Å². The summed E-state index contributed by atoms with van der Waals surface area (Å²) in [4.78, 5) is 54.7. The number of imide groups is 1. The minimum Gasteiger partial charge on any atom is -0.317 e. The van der Waals surface area contributed by atoms with Crippen molar-refractivity contribution in [3.63, 3.8) is 0 Å². The molecule has 5 amide bonds. The summed E-state index contributed by atoms with van der Waals surface area (Å²) < 4.78 is 0. The number of hydrogen-bond donors (Lipinski definition) is 1. The molecule has 3 aromatic carbocycles. The molecule has 0 radical (unpaired) electrons. The summed E-state index contributed by atoms with van der Waals surface area (Å²) in [5.74, 6) is -0.346. The van der Waals surface area contributed by atoms with Crippen LogP contribution in [-0.2, 0) is 4.79 Å². The van der Waals surface area contributed by atoms with Crippen LogP contribution in [0.1, 0.15) is 6.42 Å². The van der Waals surface area contributed by atoms with Crippen LogP contribution in [-0.4, -0.2) is 57.4 Å². The molecule has 1 unspecified atom stereocenters. The summed E-state index contributed by atoms with van der Waals surface area (Å²) in [5, 5.41) is 15.4. The number of urea groups is 2. The Bertz CT molecular complexity index is 1390. The van der Waals surface area contributed by atoms with Crippen molar-refractivity contribution < 1.29 is 19.3 Å². The fourth-order valence-electron chi connectivity index (χ4n) is 5.41. The molecule has 10 heteroatoms. The summed E-state index contributed by atoms with van der Waals surface area (Å²) >= 11 is 0. The number of non-ortho nitro benzene ring substituents is 1. The second-order valence-electron chi connectivity index (χ2n) is 8.65. The second kappa shape index (κ2) is 7.27. The van der Waals surface area contributed by atoms with Crippen LogP contribution in [0.4, 0.5) is 26.7 Å². The van der Waals surface area contributed by atoms with Gasteiger partial charge in [-0.25, -0.2) is 14.5 Å². The van der Waals surface area contributed by atoms with E-state index >= 15 is 0 Å². The number of hydrogen-bond acceptors (Lipinski definition) is 5. The Morgan fingerprint density at radius 1 is 1.03 bits per heavy atom. The van der Waals surface area contributed by atoms with Gasteiger partial charge >= 0.3 is 12.1 Å². The molecule has 1 N–H and O–H groups in total. The predicted octanol–water partition coefficient (Wildman–Crippen LogP) is 3.57. The zero-order valence-corrected chi connectivity index (χ0v) is 17.8. The Labute approximate surface area is 193 Å². The molecule has 3 atom stereocenters. The smallest absolute Gasteiger partial charge is 0.317 e. The molecule has 3 heterocycles. The molecule has 3 fully saturated rings. The van der Waals surface area contributed by atoms with Gasteiger partial charge in [-0.05, 0) is 23.9 Å². The van der Waals surface area contributed by atoms with Crippen LogP contribution in [0.15, 0.2) is 66.7 Å². The lowest BCUT2D eigenvalue weighted by Crippen LogP contribution is -2.55. The van der Waals surface area contributed by atoms with Crippen molar-refractivity contribution in [2.45, 2.75) is 24.5 Å². The second-order valence-corrected chi connectivity index (χ2v) is 8.65. The standard InChI is InChI=1S/C24H19N5O5/c30-22-21-20-12-17(13-26(20)23(31)25-15-7-4-8-16(11-15)29(33)34)27(21)24(32)28(22)19-10-3-6-14-5-1-2-9-18(14)19/h1-11,17,20-21H,12-13H2,(H,25,31)/t17-,20?,21+/m1/s1. The first kappa shape index (κ1) is 20.2. The number of nitrogens with zero attached hydrogens (tertiary/aromatic N) is 4. The van der Waals surface area contributed by atoms with Gasteiger partial charge in [-0.2, -0.15) is 0 Å². The predicted molar refractivity (Wildman–Crippen MR) is 123 cm³/mol. The van der Waals surface area contributed by atoms with E-state index in [1.807, 2.05) is 36.4 Å². The van der Waals surface area contributed by atoms with Gasteiger partial charge < -0.3 is 15.1 Å². The molecule has 10 nitrogen and oxygen atoms in total. The number of piperazine rings is 1. The number of nitrogens with one attached hydrogen (secondary N) is 1. The molecule has 0 aromatic heterocycles. The maximum atomic E-state index is 13.5. The third-order valence-corrected chi connectivity index (χ3v) is 6.84. The Hall–Kier alpha value is -4.47. The Morgan fingerprint density at radius 2 is 1.79 bits per heavy atom. The number of carbonyl (C=O) groups excluding carboxylic acids is 3. The molecule has 6 rings (SSSR count). The van der Waals surface area contributed by atoms with E-state index in [1.54, 1.807) is 21.9 Å². The highest BCUT2D eigenvalue weighted by atomic mass is 16.6. The topological polar surface area (TPSA) is 116 Å². The van der Waals surface area contributed by atoms with Crippen molar-refractivity contribution in [3.05, 3.63) is 76.8 Å². The monoisotopic (exact) mass is 457 g/mol. The molecule has 0 spiro atoms. The van der Waals surface area contributed by atoms with Crippen LogP contribution in [0.5, 0.6) is 0 Å². The maximum absolute atomic E-state index is 13.5. The zero-order chi connectivity index (χ0) is 23.6. The first-order chi connectivity index (χ1) is 16.4. The highest BCUT2D eigenvalue weighted by Crippen LogP contribution is 2.43. The van der Waals surface area contributed by atoms with Crippen LogP contribution >= 0.6 is 0 Å². The van der Waals surface area contributed by atoms with E-state index in [0.717, 1.165) is 10.8 Å². The van der Waals surface area contributed by atoms with Gasteiger partial charge in [-0.3, -0.25) is 14.9 Å². The van der Waals surface area contributed by atoms with E-state index in [4.69, 9.17) is 0 Å². The van der Waals surface area contributed by atoms with E-state index in [2.05, 4.69) is 5.32 Å². The van der Waals surface area contributed by atoms with Crippen LogP contribution in [0.2, 0.25) is 0 Å². The average Bonchev–Trinajstić information content (AvgIpc) is 3.50. The molecular formula is C24H19N5O5. The van der Waals surface area contributed by atoms with Crippen LogP contribution < -0.4 is 10.2 Å². The molecule has 0 aliphatic carbocycles. The number of nitro groups is 1. The summed E-state index contributed by atoms with van der Waals surface area (Å²) in [6.07, 6.45) is 0.522. The normalized spacial score (nSPS) is 23.1. The van der Waals surface area contributed by atoms with Crippen molar-refractivity contribution in [2.24, 2.45) is 0 Å². The summed E-state index contributed by atoms with van der Waals surface area (Å²) in [6, 6.07) is 16.5. The molecule has 3 aliphatic heterocycles. The molecule has 3 saturated heterocycles. The lowest BCUT2D eigenvalue weighted by molar-refractivity contribution is -0.384. The van der Waals surface area contributed by atoms with Gasteiger partial charge in [0, 0.05) is 29.8 Å². The summed E-state index contributed by atoms with van der Waals surface area (Å²) in [5.41, 5.74) is 0.703. The summed E-state index contributed by atoms with van der Waals surface area (Å²) in [7, 11) is 0. The van der Waals surface area contributed by atoms with Gasteiger partial charge in [0.1, 0.15) is 6.04 Å². The third kappa shape index (κ3) is 2.84. The van der Waals surface area contributed by atoms with Crippen molar-refractivity contribution in [1.29, 1.82) is 0 Å². The minimum atomic E-state index is -0.749. The number of likely N-dealkylation sites (tertiary alicyclic amines) is 1. The Balaban J connectivity index is 1.27. The summed E-state index contributed by atoms with van der Waals surface area (Å²) in [6.45, 7) is 0.296. The molecule has 3 aromatic rings. The van der Waals surface area contributed by atoms with Crippen molar-refractivity contribution in [2.75, 3.05) is 16.8 Å². The van der Waals surface area contributed by atoms with Crippen LogP contribution in [0, 0.1) is 10.1 Å². The first-order valence-corrected chi connectivity index (χ1v) is 10.9. The highest BCUT2D eigenvalue weighted by molar-refractivity contribution is 6.25. The minimum absolute atomic E-state index is 0.130. The number of anilines is 2. The Kier molecular flexibility index (Phi) is 4.31. The van der Waals surface area contributed by atoms with Gasteiger partial charge in [0.05, 0.1) is 22.7 Å². The third-order valence-electron chi connectivity index (χ3n) is 6.84. The molecular weight excluding hydrogens is 438 g/mol. The molecule has 0 saturated carbocycles. The fourth-order valence-corrected chi connectivity index (χ4v) is 5.41.